The lowest BCUT2D eigenvalue weighted by Gasteiger charge is -2.11. The van der Waals surface area contributed by atoms with Crippen LogP contribution < -0.4 is 0 Å². The van der Waals surface area contributed by atoms with E-state index >= 15 is 0 Å². The van der Waals surface area contributed by atoms with Gasteiger partial charge in [0.25, 0.3) is 0 Å². The first-order valence-corrected chi connectivity index (χ1v) is 10.1. The second kappa shape index (κ2) is 6.78. The molecule has 0 bridgehead atoms. The summed E-state index contributed by atoms with van der Waals surface area (Å²) in [4.78, 5) is 9.91. The topological polar surface area (TPSA) is 25.8 Å². The first-order valence-electron chi connectivity index (χ1n) is 10.1. The van der Waals surface area contributed by atoms with Crippen LogP contribution in [-0.4, -0.2) is 9.97 Å². The van der Waals surface area contributed by atoms with Crippen LogP contribution in [0.3, 0.4) is 0 Å². The minimum Gasteiger partial charge on any atom is -0.246 e. The van der Waals surface area contributed by atoms with E-state index in [0.717, 1.165) is 27.8 Å². The number of pyridine rings is 2. The number of hydrogen-bond donors (Lipinski definition) is 0. The molecule has 0 saturated carbocycles. The van der Waals surface area contributed by atoms with Crippen molar-refractivity contribution in [3.63, 3.8) is 0 Å². The maximum absolute atomic E-state index is 4.97. The zero-order valence-electron chi connectivity index (χ0n) is 16.3. The Kier molecular flexibility index (Phi) is 3.82. The molecular formula is C28H18N2. The molecule has 0 saturated heterocycles. The van der Waals surface area contributed by atoms with Gasteiger partial charge in [0, 0.05) is 10.8 Å². The molecule has 0 atom stereocenters. The minimum atomic E-state index is 0.890. The molecule has 140 valence electrons. The van der Waals surface area contributed by atoms with Gasteiger partial charge in [-0.2, -0.15) is 0 Å². The fourth-order valence-electron chi connectivity index (χ4n) is 4.19. The van der Waals surface area contributed by atoms with Crippen LogP contribution in [0.1, 0.15) is 0 Å². The van der Waals surface area contributed by atoms with E-state index in [4.69, 9.17) is 9.97 Å². The van der Waals surface area contributed by atoms with E-state index in [1.807, 2.05) is 12.1 Å². The smallest absolute Gasteiger partial charge is 0.0900 e. The van der Waals surface area contributed by atoms with E-state index in [1.54, 1.807) is 0 Å². The highest BCUT2D eigenvalue weighted by Crippen LogP contribution is 2.32. The third-order valence-electron chi connectivity index (χ3n) is 5.66. The first kappa shape index (κ1) is 16.9. The van der Waals surface area contributed by atoms with Crippen molar-refractivity contribution < 1.29 is 0 Å². The van der Waals surface area contributed by atoms with Crippen molar-refractivity contribution >= 4 is 32.6 Å². The average Bonchev–Trinajstić information content (AvgIpc) is 2.83. The molecule has 4 aromatic carbocycles. The molecule has 0 spiro atoms. The van der Waals surface area contributed by atoms with Gasteiger partial charge in [-0.25, -0.2) is 9.97 Å². The Balaban J connectivity index is 1.59. The Morgan fingerprint density at radius 3 is 2.03 bits per heavy atom. The molecule has 0 unspecified atom stereocenters. The van der Waals surface area contributed by atoms with Crippen molar-refractivity contribution in [3.05, 3.63) is 109 Å². The van der Waals surface area contributed by atoms with E-state index in [1.165, 1.54) is 27.3 Å². The van der Waals surface area contributed by atoms with Crippen LogP contribution >= 0.6 is 0 Å². The SMILES string of the molecule is c1ccc(-c2cc(-c3ccc4c(ccc5ccccc54)n3)nc3ccccc23)cc1. The fraction of sp³-hybridized carbons (Fsp3) is 0. The molecule has 0 aliphatic carbocycles. The van der Waals surface area contributed by atoms with Gasteiger partial charge in [-0.15, -0.1) is 0 Å². The van der Waals surface area contributed by atoms with Gasteiger partial charge in [0.15, 0.2) is 0 Å². The summed E-state index contributed by atoms with van der Waals surface area (Å²) in [5.74, 6) is 0. The van der Waals surface area contributed by atoms with Crippen molar-refractivity contribution in [2.45, 2.75) is 0 Å². The second-order valence-electron chi connectivity index (χ2n) is 7.49. The van der Waals surface area contributed by atoms with E-state index < -0.39 is 0 Å². The number of rotatable bonds is 2. The summed E-state index contributed by atoms with van der Waals surface area (Å²) in [6.07, 6.45) is 0. The van der Waals surface area contributed by atoms with Crippen molar-refractivity contribution in [3.8, 4) is 22.5 Å². The quantitative estimate of drug-likeness (QED) is 0.294. The van der Waals surface area contributed by atoms with Crippen molar-refractivity contribution in [2.75, 3.05) is 0 Å². The Morgan fingerprint density at radius 1 is 0.433 bits per heavy atom. The summed E-state index contributed by atoms with van der Waals surface area (Å²) in [6, 6.07) is 37.9. The Hall–Kier alpha value is -4.04. The number of fused-ring (bicyclic) bond motifs is 4. The summed E-state index contributed by atoms with van der Waals surface area (Å²) in [5, 5.41) is 4.78. The van der Waals surface area contributed by atoms with Crippen molar-refractivity contribution in [1.82, 2.24) is 9.97 Å². The third kappa shape index (κ3) is 2.73. The Labute approximate surface area is 174 Å². The summed E-state index contributed by atoms with van der Waals surface area (Å²) in [6.45, 7) is 0. The first-order chi connectivity index (χ1) is 14.9. The van der Waals surface area contributed by atoms with E-state index in [0.29, 0.717) is 0 Å². The molecule has 2 aromatic heterocycles. The Morgan fingerprint density at radius 2 is 1.13 bits per heavy atom. The lowest BCUT2D eigenvalue weighted by molar-refractivity contribution is 1.32. The maximum atomic E-state index is 4.97. The highest BCUT2D eigenvalue weighted by atomic mass is 14.8. The predicted octanol–water partition coefficient (Wildman–Crippen LogP) is 7.27. The summed E-state index contributed by atoms with van der Waals surface area (Å²) in [7, 11) is 0. The van der Waals surface area contributed by atoms with Gasteiger partial charge < -0.3 is 0 Å². The lowest BCUT2D eigenvalue weighted by atomic mass is 9.99. The van der Waals surface area contributed by atoms with Gasteiger partial charge in [0.1, 0.15) is 0 Å². The van der Waals surface area contributed by atoms with Crippen molar-refractivity contribution in [2.24, 2.45) is 0 Å². The maximum Gasteiger partial charge on any atom is 0.0900 e. The molecule has 2 nitrogen and oxygen atoms in total. The zero-order valence-corrected chi connectivity index (χ0v) is 16.3. The molecule has 0 aliphatic rings. The molecule has 0 aliphatic heterocycles. The number of nitrogens with zero attached hydrogens (tertiary/aromatic N) is 2. The lowest BCUT2D eigenvalue weighted by Crippen LogP contribution is -1.92. The summed E-state index contributed by atoms with van der Waals surface area (Å²) < 4.78 is 0. The van der Waals surface area contributed by atoms with Gasteiger partial charge in [-0.3, -0.25) is 0 Å². The minimum absolute atomic E-state index is 0.890. The molecule has 2 heteroatoms. The van der Waals surface area contributed by atoms with Crippen LogP contribution in [0, 0.1) is 0 Å². The monoisotopic (exact) mass is 382 g/mol. The van der Waals surface area contributed by atoms with Crippen molar-refractivity contribution in [1.29, 1.82) is 0 Å². The van der Waals surface area contributed by atoms with Crippen LogP contribution in [0.15, 0.2) is 109 Å². The fourth-order valence-corrected chi connectivity index (χ4v) is 4.19. The molecular weight excluding hydrogens is 364 g/mol. The van der Waals surface area contributed by atoms with Crippen LogP contribution in [0.4, 0.5) is 0 Å². The molecule has 2 heterocycles. The number of hydrogen-bond acceptors (Lipinski definition) is 2. The number of aromatic nitrogens is 2. The van der Waals surface area contributed by atoms with Gasteiger partial charge in [0.2, 0.25) is 0 Å². The Bertz CT molecular complexity index is 1540. The van der Waals surface area contributed by atoms with Gasteiger partial charge in [0.05, 0.1) is 22.4 Å². The predicted molar refractivity (Wildman–Crippen MR) is 125 cm³/mol. The van der Waals surface area contributed by atoms with Gasteiger partial charge in [-0.1, -0.05) is 78.9 Å². The van der Waals surface area contributed by atoms with Gasteiger partial charge in [-0.05, 0) is 52.2 Å². The third-order valence-corrected chi connectivity index (χ3v) is 5.66. The van der Waals surface area contributed by atoms with Crippen LogP contribution in [0.5, 0.6) is 0 Å². The molecule has 30 heavy (non-hydrogen) atoms. The molecule has 0 N–H and O–H groups in total. The summed E-state index contributed by atoms with van der Waals surface area (Å²) in [5.41, 5.74) is 6.11. The molecule has 0 radical (unpaired) electrons. The van der Waals surface area contributed by atoms with E-state index in [-0.39, 0.29) is 0 Å². The molecule has 6 rings (SSSR count). The van der Waals surface area contributed by atoms with Crippen LogP contribution in [0.25, 0.3) is 55.1 Å². The highest BCUT2D eigenvalue weighted by molar-refractivity contribution is 6.06. The zero-order chi connectivity index (χ0) is 19.9. The molecule has 6 aromatic rings. The average molecular weight is 382 g/mol. The van der Waals surface area contributed by atoms with Crippen LogP contribution in [0.2, 0.25) is 0 Å². The van der Waals surface area contributed by atoms with Crippen LogP contribution in [-0.2, 0) is 0 Å². The van der Waals surface area contributed by atoms with E-state index in [2.05, 4.69) is 97.1 Å². The molecule has 0 amide bonds. The molecule has 0 fully saturated rings. The highest BCUT2D eigenvalue weighted by Gasteiger charge is 2.11. The second-order valence-corrected chi connectivity index (χ2v) is 7.49. The largest absolute Gasteiger partial charge is 0.246 e. The number of para-hydroxylation sites is 1. The normalized spacial score (nSPS) is 11.3. The van der Waals surface area contributed by atoms with Gasteiger partial charge >= 0.3 is 0 Å². The van der Waals surface area contributed by atoms with E-state index in [9.17, 15) is 0 Å². The standard InChI is InChI=1S/C28H18N2/c1-2-8-19(9-3-1)24-18-28(30-25-13-7-6-12-22(24)25)27-17-15-23-21-11-5-4-10-20(21)14-16-26(23)29-27/h1-18H. The summed E-state index contributed by atoms with van der Waals surface area (Å²) >= 11 is 0. The number of benzene rings is 4.